The highest BCUT2D eigenvalue weighted by Crippen LogP contribution is 2.55. The average molecular weight is 664 g/mol. The molecule has 4 atom stereocenters. The molecule has 0 saturated heterocycles. The van der Waals surface area contributed by atoms with Crippen molar-refractivity contribution in [2.75, 3.05) is 39.7 Å². The predicted octanol–water partition coefficient (Wildman–Crippen LogP) is 3.02. The van der Waals surface area contributed by atoms with Crippen LogP contribution in [0.25, 0.3) is 17.1 Å². The van der Waals surface area contributed by atoms with E-state index in [0.717, 1.165) is 44.3 Å². The van der Waals surface area contributed by atoms with Crippen LogP contribution in [0.15, 0.2) is 39.5 Å². The highest BCUT2D eigenvalue weighted by Gasteiger charge is 2.64. The summed E-state index contributed by atoms with van der Waals surface area (Å²) in [6, 6.07) is 4.30. The van der Waals surface area contributed by atoms with Gasteiger partial charge in [-0.2, -0.15) is 0 Å². The second kappa shape index (κ2) is 12.4. The second-order valence-electron chi connectivity index (χ2n) is 14.4. The predicted molar refractivity (Wildman–Crippen MR) is 177 cm³/mol. The number of carbonyl (C=O) groups is 3. The van der Waals surface area contributed by atoms with E-state index < -0.39 is 58.0 Å². The molecule has 0 radical (unpaired) electrons. The Morgan fingerprint density at radius 3 is 2.31 bits per heavy atom. The van der Waals surface area contributed by atoms with Crippen LogP contribution in [-0.4, -0.2) is 94.3 Å². The number of benzene rings is 1. The van der Waals surface area contributed by atoms with Crippen molar-refractivity contribution in [2.45, 2.75) is 63.0 Å². The molecule has 0 spiro atoms. The number of primary amides is 1. The normalized spacial score (nSPS) is 28.8. The molecule has 258 valence electrons. The molecule has 1 aromatic carbocycles. The number of carbonyl (C=O) groups excluding carboxylic acids is 3. The first-order chi connectivity index (χ1) is 22.7. The molecule has 48 heavy (non-hydrogen) atoms. The Balaban J connectivity index is 1.41. The smallest absolute Gasteiger partial charge is 0.255 e. The first kappa shape index (κ1) is 33.8. The number of nitrogens with two attached hydrogens (primary N) is 1. The number of furan rings is 1. The third-order valence-electron chi connectivity index (χ3n) is 11.1. The zero-order chi connectivity index (χ0) is 34.8. The third-order valence-corrected chi connectivity index (χ3v) is 11.1. The molecule has 12 nitrogen and oxygen atoms in total. The van der Waals surface area contributed by atoms with E-state index >= 15 is 0 Å². The van der Waals surface area contributed by atoms with E-state index in [1.165, 1.54) is 4.90 Å². The second-order valence-corrected chi connectivity index (χ2v) is 14.4. The van der Waals surface area contributed by atoms with E-state index in [1.54, 1.807) is 26.2 Å². The van der Waals surface area contributed by atoms with Gasteiger partial charge in [-0.25, -0.2) is 0 Å². The lowest BCUT2D eigenvalue weighted by Gasteiger charge is -2.50. The van der Waals surface area contributed by atoms with Gasteiger partial charge in [-0.05, 0) is 87.7 Å². The maximum Gasteiger partial charge on any atom is 0.255 e. The number of aliphatic hydroxyl groups excluding tert-OH is 3. The zero-order valence-corrected chi connectivity index (χ0v) is 27.8. The minimum Gasteiger partial charge on any atom is -0.508 e. The molecule has 1 amide bonds. The minimum atomic E-state index is -2.70. The van der Waals surface area contributed by atoms with E-state index in [2.05, 4.69) is 0 Å². The van der Waals surface area contributed by atoms with Gasteiger partial charge in [0.05, 0.1) is 17.2 Å². The van der Waals surface area contributed by atoms with Crippen LogP contribution in [0.3, 0.4) is 0 Å². The molecule has 1 aromatic heterocycles. The number of hydrogen-bond donors (Lipinski definition) is 6. The summed E-state index contributed by atoms with van der Waals surface area (Å²) in [5, 5.41) is 55.9. The maximum atomic E-state index is 14.3. The van der Waals surface area contributed by atoms with Crippen LogP contribution in [0.5, 0.6) is 5.75 Å². The van der Waals surface area contributed by atoms with Gasteiger partial charge >= 0.3 is 0 Å². The molecule has 7 N–H and O–H groups in total. The quantitative estimate of drug-likeness (QED) is 0.227. The highest BCUT2D eigenvalue weighted by molar-refractivity contribution is 6.24. The number of aliphatic hydroxyl groups is 4. The summed E-state index contributed by atoms with van der Waals surface area (Å²) in [5.41, 5.74) is 3.29. The van der Waals surface area contributed by atoms with Gasteiger partial charge in [-0.15, -0.1) is 0 Å². The van der Waals surface area contributed by atoms with Crippen LogP contribution in [0, 0.1) is 23.7 Å². The van der Waals surface area contributed by atoms with Crippen molar-refractivity contribution in [1.29, 1.82) is 0 Å². The number of nitrogens with zero attached hydrogens (tertiary/aromatic N) is 2. The van der Waals surface area contributed by atoms with Gasteiger partial charge in [0.25, 0.3) is 5.91 Å². The van der Waals surface area contributed by atoms with E-state index in [0.29, 0.717) is 34.4 Å². The van der Waals surface area contributed by atoms with Crippen molar-refractivity contribution >= 4 is 28.9 Å². The molecule has 12 heteroatoms. The van der Waals surface area contributed by atoms with Crippen molar-refractivity contribution < 1.29 is 44.3 Å². The zero-order valence-electron chi connectivity index (χ0n) is 27.8. The standard InChI is InChI=1S/C36H45N3O9/c1-38(2)24-16-22(25-10-9-20(48-25)13-18-7-5-17(6-8-18)11-12-40)30(41)27-21(24)14-19-15-23-29(39(3)4)32(43)28(35(37)46)34(45)36(23,47)33(44)26(19)31(27)42/h9-10,16-19,23,29,40-42,45,47H,5-8,11-15H2,1-4H3,(H2,37,46)/t17?,18?,19-,23-,29-,36-/m1/s1. The third kappa shape index (κ3) is 5.21. The SMILES string of the molecule is CN(C)c1cc(-c2ccc(CC3CCC(CCO)CC3)o2)c(O)c2c1C[C@@H]1C[C@@H]3[C@@H](N(C)C)C(=O)C(C(N)=O)=C(O)[C@]3(O)C(=O)C1=C2O. The van der Waals surface area contributed by atoms with E-state index in [4.69, 9.17) is 10.2 Å². The number of rotatable bonds is 8. The fraction of sp³-hybridized carbons (Fsp3) is 0.528. The van der Waals surface area contributed by atoms with Crippen LogP contribution >= 0.6 is 0 Å². The van der Waals surface area contributed by atoms with E-state index in [-0.39, 0.29) is 36.3 Å². The summed E-state index contributed by atoms with van der Waals surface area (Å²) < 4.78 is 6.25. The first-order valence-electron chi connectivity index (χ1n) is 16.6. The summed E-state index contributed by atoms with van der Waals surface area (Å²) >= 11 is 0. The number of likely N-dealkylation sites (N-methyl/N-ethyl adjacent to an activating group) is 1. The van der Waals surface area contributed by atoms with Crippen LogP contribution in [0.1, 0.15) is 55.4 Å². The van der Waals surface area contributed by atoms with Crippen molar-refractivity contribution in [3.63, 3.8) is 0 Å². The van der Waals surface area contributed by atoms with Crippen LogP contribution < -0.4 is 10.6 Å². The average Bonchev–Trinajstić information content (AvgIpc) is 3.47. The fourth-order valence-corrected chi connectivity index (χ4v) is 8.70. The summed E-state index contributed by atoms with van der Waals surface area (Å²) in [5.74, 6) is -4.70. The molecule has 0 unspecified atom stereocenters. The maximum absolute atomic E-state index is 14.3. The Bertz CT molecular complexity index is 1730. The lowest BCUT2D eigenvalue weighted by molar-refractivity contribution is -0.153. The van der Waals surface area contributed by atoms with Gasteiger partial charge in [0.2, 0.25) is 5.78 Å². The molecule has 2 aromatic rings. The topological polar surface area (TPSA) is 198 Å². The number of phenols is 1. The Hall–Kier alpha value is -4.13. The molecular formula is C36H45N3O9. The highest BCUT2D eigenvalue weighted by atomic mass is 16.4. The number of phenolic OH excluding ortho intramolecular Hbond substituents is 1. The van der Waals surface area contributed by atoms with Crippen LogP contribution in [-0.2, 0) is 27.2 Å². The molecule has 4 aliphatic carbocycles. The van der Waals surface area contributed by atoms with Crippen molar-refractivity contribution in [2.24, 2.45) is 29.4 Å². The number of Topliss-reactive ketones (excluding diaryl/α,β-unsaturated/α-hetero) is 2. The number of ketones is 2. The van der Waals surface area contributed by atoms with Crippen LogP contribution in [0.2, 0.25) is 0 Å². The van der Waals surface area contributed by atoms with Gasteiger partial charge in [-0.3, -0.25) is 19.3 Å². The Morgan fingerprint density at radius 2 is 1.71 bits per heavy atom. The lowest BCUT2D eigenvalue weighted by atomic mass is 9.57. The molecule has 0 bridgehead atoms. The van der Waals surface area contributed by atoms with E-state index in [9.17, 15) is 39.9 Å². The molecule has 6 rings (SSSR count). The van der Waals surface area contributed by atoms with Crippen molar-refractivity contribution in [3.05, 3.63) is 52.0 Å². The molecule has 2 saturated carbocycles. The minimum absolute atomic E-state index is 0.0185. The monoisotopic (exact) mass is 663 g/mol. The number of anilines is 1. The van der Waals surface area contributed by atoms with Crippen molar-refractivity contribution in [3.8, 4) is 17.1 Å². The lowest BCUT2D eigenvalue weighted by Crippen LogP contribution is -2.65. The molecule has 1 heterocycles. The Labute approximate surface area is 279 Å². The molecule has 4 aliphatic rings. The first-order valence-corrected chi connectivity index (χ1v) is 16.6. The van der Waals surface area contributed by atoms with Crippen molar-refractivity contribution in [1.82, 2.24) is 4.90 Å². The largest absolute Gasteiger partial charge is 0.508 e. The summed E-state index contributed by atoms with van der Waals surface area (Å²) in [7, 11) is 6.80. The fourth-order valence-electron chi connectivity index (χ4n) is 8.70. The van der Waals surface area contributed by atoms with Gasteiger partial charge in [0.1, 0.15) is 34.4 Å². The van der Waals surface area contributed by atoms with Gasteiger partial charge in [0.15, 0.2) is 11.4 Å². The van der Waals surface area contributed by atoms with Gasteiger partial charge in [-0.1, -0.05) is 12.8 Å². The summed E-state index contributed by atoms with van der Waals surface area (Å²) in [6.45, 7) is 0.214. The molecule has 0 aliphatic heterocycles. The Morgan fingerprint density at radius 1 is 1.04 bits per heavy atom. The number of hydrogen-bond acceptors (Lipinski definition) is 11. The van der Waals surface area contributed by atoms with E-state index in [1.807, 2.05) is 25.1 Å². The summed E-state index contributed by atoms with van der Waals surface area (Å²) in [4.78, 5) is 43.2. The van der Waals surface area contributed by atoms with Gasteiger partial charge < -0.3 is 40.6 Å². The number of fused-ring (bicyclic) bond motifs is 3. The number of aromatic hydroxyl groups is 1. The molecule has 2 fully saturated rings. The summed E-state index contributed by atoms with van der Waals surface area (Å²) in [6.07, 6.45) is 6.03. The number of amides is 1. The van der Waals surface area contributed by atoms with Crippen LogP contribution in [0.4, 0.5) is 5.69 Å². The van der Waals surface area contributed by atoms with Gasteiger partial charge in [0, 0.05) is 44.3 Å². The Kier molecular flexibility index (Phi) is 8.72. The molecular weight excluding hydrogens is 618 g/mol.